The molecule has 9 nitrogen and oxygen atoms in total. The summed E-state index contributed by atoms with van der Waals surface area (Å²) in [7, 11) is -3.53. The molecule has 0 aliphatic rings. The summed E-state index contributed by atoms with van der Waals surface area (Å²) >= 11 is 0. The number of aromatic amines is 1. The maximum atomic E-state index is 14.6. The minimum atomic E-state index is -3.53. The van der Waals surface area contributed by atoms with Crippen molar-refractivity contribution in [2.75, 3.05) is 17.3 Å². The molecule has 4 N–H and O–H groups in total. The van der Waals surface area contributed by atoms with Gasteiger partial charge < -0.3 is 11.1 Å². The molecule has 34 heavy (non-hydrogen) atoms. The van der Waals surface area contributed by atoms with Gasteiger partial charge in [0.05, 0.1) is 22.3 Å². The molecule has 0 bridgehead atoms. The Kier molecular flexibility index (Phi) is 5.01. The lowest BCUT2D eigenvalue weighted by atomic mass is 10.0. The van der Waals surface area contributed by atoms with Crippen LogP contribution in [0.2, 0.25) is 0 Å². The van der Waals surface area contributed by atoms with Crippen LogP contribution >= 0.6 is 0 Å². The quantitative estimate of drug-likeness (QED) is 0.343. The van der Waals surface area contributed by atoms with Crippen molar-refractivity contribution in [3.8, 4) is 11.1 Å². The number of nitrogens with one attached hydrogen (secondary N) is 2. The molecule has 0 fully saturated rings. The Morgan fingerprint density at radius 3 is 2.65 bits per heavy atom. The predicted octanol–water partition coefficient (Wildman–Crippen LogP) is 4.26. The van der Waals surface area contributed by atoms with Gasteiger partial charge in [-0.25, -0.2) is 17.3 Å². The van der Waals surface area contributed by atoms with Gasteiger partial charge in [-0.2, -0.15) is 10.1 Å². The Bertz CT molecular complexity index is 1670. The van der Waals surface area contributed by atoms with Gasteiger partial charge in [0.2, 0.25) is 5.95 Å². The van der Waals surface area contributed by atoms with Crippen molar-refractivity contribution in [1.82, 2.24) is 24.8 Å². The third kappa shape index (κ3) is 3.63. The van der Waals surface area contributed by atoms with Crippen molar-refractivity contribution >= 4 is 43.7 Å². The highest BCUT2D eigenvalue weighted by atomic mass is 32.2. The highest BCUT2D eigenvalue weighted by Crippen LogP contribution is 2.37. The lowest BCUT2D eigenvalue weighted by molar-refractivity contribution is 0.596. The van der Waals surface area contributed by atoms with E-state index < -0.39 is 15.7 Å². The summed E-state index contributed by atoms with van der Waals surface area (Å²) in [6, 6.07) is 11.5. The summed E-state index contributed by atoms with van der Waals surface area (Å²) in [6.07, 6.45) is 2.78. The van der Waals surface area contributed by atoms with Gasteiger partial charge in [0, 0.05) is 22.9 Å². The Balaban J connectivity index is 1.65. The van der Waals surface area contributed by atoms with Crippen LogP contribution in [0.1, 0.15) is 25.5 Å². The summed E-state index contributed by atoms with van der Waals surface area (Å²) < 4.78 is 39.7. The van der Waals surface area contributed by atoms with E-state index >= 15 is 0 Å². The van der Waals surface area contributed by atoms with Crippen molar-refractivity contribution in [3.05, 3.63) is 60.2 Å². The van der Waals surface area contributed by atoms with E-state index in [1.165, 1.54) is 12.1 Å². The molecule has 0 saturated heterocycles. The van der Waals surface area contributed by atoms with Gasteiger partial charge >= 0.3 is 0 Å². The molecule has 0 spiro atoms. The number of rotatable bonds is 5. The van der Waals surface area contributed by atoms with E-state index in [-0.39, 0.29) is 28.3 Å². The van der Waals surface area contributed by atoms with Crippen molar-refractivity contribution < 1.29 is 12.8 Å². The fourth-order valence-corrected chi connectivity index (χ4v) is 4.61. The molecule has 3 heterocycles. The Hall–Kier alpha value is -3.99. The second-order valence-electron chi connectivity index (χ2n) is 8.39. The van der Waals surface area contributed by atoms with Crippen LogP contribution in [0.3, 0.4) is 0 Å². The van der Waals surface area contributed by atoms with Gasteiger partial charge in [-0.05, 0) is 41.8 Å². The van der Waals surface area contributed by atoms with Gasteiger partial charge in [0.1, 0.15) is 11.3 Å². The van der Waals surface area contributed by atoms with Crippen LogP contribution in [0.4, 0.5) is 21.8 Å². The summed E-state index contributed by atoms with van der Waals surface area (Å²) in [6.45, 7) is 4.08. The molecule has 5 aromatic rings. The minimum Gasteiger partial charge on any atom is -0.382 e. The molecule has 0 radical (unpaired) electrons. The van der Waals surface area contributed by atoms with Crippen LogP contribution < -0.4 is 11.1 Å². The largest absolute Gasteiger partial charge is 0.382 e. The van der Waals surface area contributed by atoms with Crippen LogP contribution in [0.25, 0.3) is 27.5 Å². The van der Waals surface area contributed by atoms with Crippen molar-refractivity contribution in [3.63, 3.8) is 0 Å². The zero-order valence-corrected chi connectivity index (χ0v) is 19.5. The van der Waals surface area contributed by atoms with E-state index in [4.69, 9.17) is 5.73 Å². The SMILES string of the molecule is CC(C)c1cc(-c2cccc3[nH]ncc23)c2c(N)nc(Nc3ccc(S(C)(=O)=O)cc3F)nn12. The zero-order valence-electron chi connectivity index (χ0n) is 18.7. The summed E-state index contributed by atoms with van der Waals surface area (Å²) in [5, 5.41) is 15.5. The number of fused-ring (bicyclic) bond motifs is 2. The lowest BCUT2D eigenvalue weighted by Crippen LogP contribution is -2.09. The molecule has 0 saturated carbocycles. The first-order valence-electron chi connectivity index (χ1n) is 10.5. The Labute approximate surface area is 194 Å². The molecule has 0 atom stereocenters. The average molecular weight is 480 g/mol. The van der Waals surface area contributed by atoms with Gasteiger partial charge in [-0.1, -0.05) is 26.0 Å². The molecular formula is C23H22FN7O2S. The number of H-pyrrole nitrogens is 1. The van der Waals surface area contributed by atoms with Crippen molar-refractivity contribution in [1.29, 1.82) is 0 Å². The molecule has 2 aromatic carbocycles. The standard InChI is InChI=1S/C23H22FN7O2S/c1-12(2)20-10-15(14-5-4-6-18-16(14)11-26-29-18)21-22(25)28-23(30-31(20)21)27-19-8-7-13(9-17(19)24)34(3,32)33/h4-12H,1-3H3,(H,26,29)(H3,25,27,28,30). The predicted molar refractivity (Wildman–Crippen MR) is 129 cm³/mol. The first-order valence-corrected chi connectivity index (χ1v) is 12.4. The first-order chi connectivity index (χ1) is 16.1. The van der Waals surface area contributed by atoms with Crippen molar-refractivity contribution in [2.24, 2.45) is 0 Å². The topological polar surface area (TPSA) is 131 Å². The number of nitrogens with zero attached hydrogens (tertiary/aromatic N) is 4. The van der Waals surface area contributed by atoms with E-state index in [0.717, 1.165) is 40.0 Å². The second kappa shape index (κ2) is 7.80. The lowest BCUT2D eigenvalue weighted by Gasteiger charge is -2.11. The maximum Gasteiger partial charge on any atom is 0.247 e. The smallest absolute Gasteiger partial charge is 0.247 e. The maximum absolute atomic E-state index is 14.6. The van der Waals surface area contributed by atoms with E-state index in [1.807, 2.05) is 38.1 Å². The van der Waals surface area contributed by atoms with Gasteiger partial charge in [-0.15, -0.1) is 5.10 Å². The molecule has 0 unspecified atom stereocenters. The number of aromatic nitrogens is 5. The highest BCUT2D eigenvalue weighted by molar-refractivity contribution is 7.90. The second-order valence-corrected chi connectivity index (χ2v) is 10.4. The third-order valence-corrected chi connectivity index (χ3v) is 6.76. The Morgan fingerprint density at radius 2 is 1.94 bits per heavy atom. The van der Waals surface area contributed by atoms with Crippen LogP contribution in [0.15, 0.2) is 53.6 Å². The molecule has 5 rings (SSSR count). The number of halogens is 1. The summed E-state index contributed by atoms with van der Waals surface area (Å²) in [4.78, 5) is 4.25. The zero-order chi connectivity index (χ0) is 24.2. The number of benzene rings is 2. The number of hydrogen-bond donors (Lipinski definition) is 3. The fourth-order valence-electron chi connectivity index (χ4n) is 3.98. The Morgan fingerprint density at radius 1 is 1.15 bits per heavy atom. The van der Waals surface area contributed by atoms with E-state index in [1.54, 1.807) is 10.7 Å². The molecular weight excluding hydrogens is 457 g/mol. The number of anilines is 3. The van der Waals surface area contributed by atoms with Gasteiger partial charge in [0.25, 0.3) is 0 Å². The minimum absolute atomic E-state index is 0.0350. The van der Waals surface area contributed by atoms with Crippen LogP contribution in [-0.4, -0.2) is 39.5 Å². The number of sulfone groups is 1. The van der Waals surface area contributed by atoms with E-state index in [2.05, 4.69) is 25.6 Å². The number of nitrogen functional groups attached to an aromatic ring is 1. The van der Waals surface area contributed by atoms with Gasteiger partial charge in [-0.3, -0.25) is 5.10 Å². The van der Waals surface area contributed by atoms with Crippen LogP contribution in [0, 0.1) is 5.82 Å². The highest BCUT2D eigenvalue weighted by Gasteiger charge is 2.21. The molecule has 174 valence electrons. The normalized spacial score (nSPS) is 12.1. The molecule has 3 aromatic heterocycles. The monoisotopic (exact) mass is 479 g/mol. The molecule has 0 amide bonds. The van der Waals surface area contributed by atoms with E-state index in [0.29, 0.717) is 5.52 Å². The third-order valence-electron chi connectivity index (χ3n) is 5.65. The number of hydrogen-bond acceptors (Lipinski definition) is 7. The van der Waals surface area contributed by atoms with Crippen LogP contribution in [0.5, 0.6) is 0 Å². The fraction of sp³-hybridized carbons (Fsp3) is 0.174. The van der Waals surface area contributed by atoms with Crippen molar-refractivity contribution in [2.45, 2.75) is 24.7 Å². The molecule has 0 aliphatic heterocycles. The summed E-state index contributed by atoms with van der Waals surface area (Å²) in [5.74, 6) is -0.332. The average Bonchev–Trinajstić information content (AvgIpc) is 3.39. The molecule has 0 aliphatic carbocycles. The van der Waals surface area contributed by atoms with Crippen LogP contribution in [-0.2, 0) is 9.84 Å². The first kappa shape index (κ1) is 21.8. The summed E-state index contributed by atoms with van der Waals surface area (Å²) in [5.41, 5.74) is 10.7. The van der Waals surface area contributed by atoms with Gasteiger partial charge in [0.15, 0.2) is 15.7 Å². The molecule has 11 heteroatoms. The van der Waals surface area contributed by atoms with E-state index in [9.17, 15) is 12.8 Å². The number of nitrogens with two attached hydrogens (primary N) is 1.